The second-order valence-corrected chi connectivity index (χ2v) is 14.9. The third kappa shape index (κ3) is 6.59. The van der Waals surface area contributed by atoms with E-state index in [0.29, 0.717) is 0 Å². The topological polar surface area (TPSA) is 47.9 Å². The lowest BCUT2D eigenvalue weighted by Crippen LogP contribution is -2.43. The third-order valence-electron chi connectivity index (χ3n) is 6.88. The first kappa shape index (κ1) is 26.4. The van der Waals surface area contributed by atoms with Crippen LogP contribution in [0.1, 0.15) is 56.4 Å². The first-order chi connectivity index (χ1) is 15.0. The van der Waals surface area contributed by atoms with Gasteiger partial charge in [0.2, 0.25) is 0 Å². The number of hydrogen-bond acceptors (Lipinski definition) is 4. The van der Waals surface area contributed by atoms with Gasteiger partial charge in [0, 0.05) is 18.1 Å². The monoisotopic (exact) mass is 458 g/mol. The van der Waals surface area contributed by atoms with Crippen LogP contribution in [0.2, 0.25) is 18.1 Å². The van der Waals surface area contributed by atoms with Crippen molar-refractivity contribution in [2.45, 2.75) is 71.2 Å². The molecule has 0 aliphatic heterocycles. The van der Waals surface area contributed by atoms with Gasteiger partial charge >= 0.3 is 0 Å². The Morgan fingerprint density at radius 2 is 1.53 bits per heavy atom. The number of aliphatic hydroxyl groups is 1. The number of ether oxygens (including phenoxy) is 2. The van der Waals surface area contributed by atoms with Crippen LogP contribution in [0.15, 0.2) is 42.5 Å². The van der Waals surface area contributed by atoms with E-state index in [1.165, 1.54) is 5.56 Å². The molecule has 2 aromatic carbocycles. The molecule has 0 aromatic heterocycles. The summed E-state index contributed by atoms with van der Waals surface area (Å²) >= 11 is 0. The molecule has 0 heterocycles. The Kier molecular flexibility index (Phi) is 9.37. The van der Waals surface area contributed by atoms with Gasteiger partial charge in [0.1, 0.15) is 11.5 Å². The van der Waals surface area contributed by atoms with Gasteiger partial charge in [-0.05, 0) is 67.6 Å². The molecule has 0 unspecified atom stereocenters. The second kappa shape index (κ2) is 11.3. The van der Waals surface area contributed by atoms with E-state index >= 15 is 0 Å². The molecule has 2 aromatic rings. The molecule has 0 amide bonds. The minimum absolute atomic E-state index is 0.00930. The summed E-state index contributed by atoms with van der Waals surface area (Å²) in [6, 6.07) is 14.6. The van der Waals surface area contributed by atoms with E-state index in [2.05, 4.69) is 70.3 Å². The average molecular weight is 459 g/mol. The fourth-order valence-electron chi connectivity index (χ4n) is 3.75. The molecular formula is C27H42O4Si. The van der Waals surface area contributed by atoms with Crippen molar-refractivity contribution in [1.82, 2.24) is 0 Å². The predicted octanol–water partition coefficient (Wildman–Crippen LogP) is 6.71. The van der Waals surface area contributed by atoms with Crippen molar-refractivity contribution in [3.05, 3.63) is 59.2 Å². The highest BCUT2D eigenvalue weighted by atomic mass is 28.4. The largest absolute Gasteiger partial charge is 0.496 e. The van der Waals surface area contributed by atoms with Crippen LogP contribution in [-0.4, -0.2) is 34.3 Å². The van der Waals surface area contributed by atoms with Gasteiger partial charge in [0.15, 0.2) is 8.32 Å². The maximum absolute atomic E-state index is 10.4. The van der Waals surface area contributed by atoms with E-state index in [1.54, 1.807) is 14.2 Å². The summed E-state index contributed by atoms with van der Waals surface area (Å²) in [4.78, 5) is 0. The van der Waals surface area contributed by atoms with Crippen LogP contribution in [0.25, 0.3) is 0 Å². The van der Waals surface area contributed by atoms with Crippen LogP contribution in [0.4, 0.5) is 0 Å². The SMILES string of the molecule is COc1cc([C@@H](O[Si](C)(C)C(C)(C)C)[C@H](CO)CCCc2ccccc2)cc(OC)c1C. The number of aryl methyl sites for hydroxylation is 1. The zero-order valence-corrected chi connectivity index (χ0v) is 22.2. The summed E-state index contributed by atoms with van der Waals surface area (Å²) in [5.74, 6) is 1.55. The lowest BCUT2D eigenvalue weighted by molar-refractivity contribution is 0.0683. The van der Waals surface area contributed by atoms with Crippen molar-refractivity contribution in [2.24, 2.45) is 5.92 Å². The van der Waals surface area contributed by atoms with E-state index < -0.39 is 8.32 Å². The molecular weight excluding hydrogens is 416 g/mol. The fourth-order valence-corrected chi connectivity index (χ4v) is 5.07. The molecule has 2 rings (SSSR count). The zero-order valence-electron chi connectivity index (χ0n) is 21.2. The Morgan fingerprint density at radius 3 is 2.00 bits per heavy atom. The van der Waals surface area contributed by atoms with Crippen molar-refractivity contribution >= 4 is 8.32 Å². The number of hydrogen-bond donors (Lipinski definition) is 1. The van der Waals surface area contributed by atoms with E-state index in [9.17, 15) is 5.11 Å². The molecule has 2 atom stereocenters. The molecule has 0 saturated heterocycles. The maximum atomic E-state index is 10.4. The highest BCUT2D eigenvalue weighted by molar-refractivity contribution is 6.74. The Labute approximate surface area is 196 Å². The lowest BCUT2D eigenvalue weighted by Gasteiger charge is -2.41. The van der Waals surface area contributed by atoms with Crippen LogP contribution >= 0.6 is 0 Å². The van der Waals surface area contributed by atoms with Crippen LogP contribution in [0.5, 0.6) is 11.5 Å². The minimum Gasteiger partial charge on any atom is -0.496 e. The van der Waals surface area contributed by atoms with E-state index in [-0.39, 0.29) is 23.7 Å². The van der Waals surface area contributed by atoms with Gasteiger partial charge in [-0.15, -0.1) is 0 Å². The maximum Gasteiger partial charge on any atom is 0.192 e. The van der Waals surface area contributed by atoms with Gasteiger partial charge < -0.3 is 19.0 Å². The number of benzene rings is 2. The summed E-state index contributed by atoms with van der Waals surface area (Å²) in [5.41, 5.74) is 3.30. The molecule has 0 aliphatic carbocycles. The normalized spacial score (nSPS) is 14.2. The van der Waals surface area contributed by atoms with E-state index in [4.69, 9.17) is 13.9 Å². The van der Waals surface area contributed by atoms with Crippen molar-refractivity contribution in [3.63, 3.8) is 0 Å². The van der Waals surface area contributed by atoms with Gasteiger partial charge in [0.05, 0.1) is 20.3 Å². The molecule has 5 heteroatoms. The molecule has 0 fully saturated rings. The van der Waals surface area contributed by atoms with Gasteiger partial charge in [-0.2, -0.15) is 0 Å². The molecule has 0 saturated carbocycles. The Hall–Kier alpha value is -1.82. The highest BCUT2D eigenvalue weighted by Crippen LogP contribution is 2.44. The fraction of sp³-hybridized carbons (Fsp3) is 0.556. The number of methoxy groups -OCH3 is 2. The van der Waals surface area contributed by atoms with Gasteiger partial charge in [-0.25, -0.2) is 0 Å². The van der Waals surface area contributed by atoms with Crippen LogP contribution in [-0.2, 0) is 10.8 Å². The molecule has 0 radical (unpaired) electrons. The molecule has 0 aliphatic rings. The zero-order chi connectivity index (χ0) is 23.9. The van der Waals surface area contributed by atoms with Crippen LogP contribution in [0.3, 0.4) is 0 Å². The Balaban J connectivity index is 2.38. The first-order valence-corrected chi connectivity index (χ1v) is 14.5. The van der Waals surface area contributed by atoms with Crippen molar-refractivity contribution in [1.29, 1.82) is 0 Å². The van der Waals surface area contributed by atoms with Crippen molar-refractivity contribution in [3.8, 4) is 11.5 Å². The average Bonchev–Trinajstić information content (AvgIpc) is 2.75. The Bertz CT molecular complexity index is 817. The molecule has 32 heavy (non-hydrogen) atoms. The molecule has 4 nitrogen and oxygen atoms in total. The summed E-state index contributed by atoms with van der Waals surface area (Å²) in [6.07, 6.45) is 2.64. The third-order valence-corrected chi connectivity index (χ3v) is 11.3. The summed E-state index contributed by atoms with van der Waals surface area (Å²) in [7, 11) is 1.26. The summed E-state index contributed by atoms with van der Waals surface area (Å²) in [5, 5.41) is 10.5. The first-order valence-electron chi connectivity index (χ1n) is 11.6. The second-order valence-electron chi connectivity index (χ2n) is 10.2. The van der Waals surface area contributed by atoms with Gasteiger partial charge in [0.25, 0.3) is 0 Å². The highest BCUT2D eigenvalue weighted by Gasteiger charge is 2.41. The summed E-state index contributed by atoms with van der Waals surface area (Å²) in [6.45, 7) is 13.3. The lowest BCUT2D eigenvalue weighted by atomic mass is 9.90. The predicted molar refractivity (Wildman–Crippen MR) is 135 cm³/mol. The van der Waals surface area contributed by atoms with Crippen LogP contribution < -0.4 is 9.47 Å². The summed E-state index contributed by atoms with van der Waals surface area (Å²) < 4.78 is 18.2. The van der Waals surface area contributed by atoms with Crippen molar-refractivity contribution < 1.29 is 19.0 Å². The number of rotatable bonds is 11. The molecule has 1 N–H and O–H groups in total. The Morgan fingerprint density at radius 1 is 0.969 bits per heavy atom. The smallest absolute Gasteiger partial charge is 0.192 e. The quantitative estimate of drug-likeness (QED) is 0.380. The number of aliphatic hydroxyl groups excluding tert-OH is 1. The molecule has 0 spiro atoms. The minimum atomic E-state index is -2.09. The van der Waals surface area contributed by atoms with Gasteiger partial charge in [-0.1, -0.05) is 51.1 Å². The standard InChI is InChI=1S/C27H42O4Si/c1-20-24(29-5)17-23(18-25(20)30-6)26(31-32(7,8)27(2,3)4)22(19-28)16-12-15-21-13-10-9-11-14-21/h9-11,13-14,17-18,22,26,28H,12,15-16,19H2,1-8H3/t22-,26-/m0/s1. The van der Waals surface area contributed by atoms with E-state index in [1.807, 2.05) is 13.0 Å². The molecule has 178 valence electrons. The van der Waals surface area contributed by atoms with E-state index in [0.717, 1.165) is 41.9 Å². The van der Waals surface area contributed by atoms with Gasteiger partial charge in [-0.3, -0.25) is 0 Å². The van der Waals surface area contributed by atoms with Crippen LogP contribution in [0, 0.1) is 12.8 Å². The van der Waals surface area contributed by atoms with Crippen molar-refractivity contribution in [2.75, 3.05) is 20.8 Å². The molecule has 0 bridgehead atoms.